The second-order valence-corrected chi connectivity index (χ2v) is 21.0. The van der Waals surface area contributed by atoms with Crippen LogP contribution in [0.2, 0.25) is 36.3 Å². The van der Waals surface area contributed by atoms with E-state index in [-0.39, 0.29) is 59.9 Å². The molecule has 0 bridgehead atoms. The van der Waals surface area contributed by atoms with Gasteiger partial charge in [-0.25, -0.2) is 8.78 Å². The van der Waals surface area contributed by atoms with Crippen molar-refractivity contribution in [1.29, 1.82) is 0 Å². The number of likely N-dealkylation sites (tertiary alicyclic amines) is 1. The van der Waals surface area contributed by atoms with E-state index in [2.05, 4.69) is 4.90 Å². The van der Waals surface area contributed by atoms with Crippen molar-refractivity contribution in [2.75, 3.05) is 39.5 Å². The molecule has 10 nitrogen and oxygen atoms in total. The van der Waals surface area contributed by atoms with Crippen molar-refractivity contribution in [1.82, 2.24) is 4.90 Å². The Bertz CT molecular complexity index is 2590. The van der Waals surface area contributed by atoms with E-state index in [1.165, 1.54) is 42.8 Å². The van der Waals surface area contributed by atoms with E-state index < -0.39 is 35.8 Å². The van der Waals surface area contributed by atoms with Gasteiger partial charge < -0.3 is 24.4 Å². The van der Waals surface area contributed by atoms with Gasteiger partial charge in [-0.15, -0.1) is 0 Å². The number of esters is 2. The lowest BCUT2D eigenvalue weighted by Gasteiger charge is -2.34. The molecule has 1 aliphatic heterocycles. The molecule has 0 saturated carbocycles. The number of aryl methyl sites for hydroxylation is 1. The van der Waals surface area contributed by atoms with Crippen molar-refractivity contribution in [3.05, 3.63) is 148 Å². The Morgan fingerprint density at radius 1 is 0.676 bits per heavy atom. The first kappa shape index (κ1) is 57.3. The molecule has 380 valence electrons. The SMILES string of the molecule is CCOC(=O)[C@@H](C[C@H](CB(C)O)Cc1ccc(-c2cc(Cl)ccc2F)cc1)CN1CCC1.CCOC(=O)[C@H](COS(=O)(=O)c1ccc(C)cc1)C[C@H](CB(C)O)Cc1ccc(-c2cc(Cl)ccc2F)cc1. The molecule has 1 aliphatic rings. The maximum Gasteiger partial charge on any atom is 0.311 e. The van der Waals surface area contributed by atoms with Gasteiger partial charge in [-0.3, -0.25) is 13.8 Å². The number of hydrogen-bond acceptors (Lipinski definition) is 10. The number of rotatable bonds is 24. The number of carbonyl (C=O) groups excluding carboxylic acids is 2. The summed E-state index contributed by atoms with van der Waals surface area (Å²) in [6.45, 7) is 10.6. The van der Waals surface area contributed by atoms with Crippen molar-refractivity contribution in [2.24, 2.45) is 23.7 Å². The average Bonchev–Trinajstić information content (AvgIpc) is 3.30. The molecule has 5 aromatic rings. The van der Waals surface area contributed by atoms with Gasteiger partial charge in [-0.2, -0.15) is 8.42 Å². The molecule has 17 heteroatoms. The molecule has 71 heavy (non-hydrogen) atoms. The van der Waals surface area contributed by atoms with Crippen LogP contribution in [-0.4, -0.2) is 88.6 Å². The zero-order valence-electron chi connectivity index (χ0n) is 41.2. The van der Waals surface area contributed by atoms with Crippen LogP contribution in [0, 0.1) is 42.2 Å². The Labute approximate surface area is 429 Å². The highest BCUT2D eigenvalue weighted by molar-refractivity contribution is 7.86. The highest BCUT2D eigenvalue weighted by atomic mass is 35.5. The van der Waals surface area contributed by atoms with Crippen LogP contribution in [0.4, 0.5) is 8.78 Å². The van der Waals surface area contributed by atoms with Crippen LogP contribution in [0.15, 0.2) is 114 Å². The van der Waals surface area contributed by atoms with Crippen molar-refractivity contribution in [3.8, 4) is 22.3 Å². The van der Waals surface area contributed by atoms with Crippen LogP contribution in [0.1, 0.15) is 49.8 Å². The van der Waals surface area contributed by atoms with Crippen LogP contribution < -0.4 is 0 Å². The maximum absolute atomic E-state index is 14.3. The fraction of sp³-hybridized carbons (Fsp3) is 0.407. The van der Waals surface area contributed by atoms with Crippen molar-refractivity contribution in [2.45, 2.75) is 84.1 Å². The molecule has 6 rings (SSSR count). The standard InChI is InChI=1S/C29H33BClFO6S.C25H32BClFNO3/c1-4-37-29(33)24(19-38-39(35,36)26-12-5-20(2)6-13-26)16-22(18-30(3)34)15-21-7-9-23(10-8-21)27-17-25(31)11-14-28(27)32;1-3-32-25(30)21(17-29-11-4-12-29)14-19(16-26(2)31)13-18-5-7-20(8-6-18)23-15-22(27)9-10-24(23)28/h5-14,17,22,24,34H,4,15-16,18-19H2,1-3H3;5-10,15,19,21,31H,3-4,11-14,16-17H2,1-2H3/t22-,24+;19-,21+/m11/s1. The number of nitrogens with zero attached hydrogens (tertiary/aromatic N) is 1. The van der Waals surface area contributed by atoms with Crippen LogP contribution >= 0.6 is 23.2 Å². The molecule has 0 spiro atoms. The minimum absolute atomic E-state index is 0.00692. The second-order valence-electron chi connectivity index (χ2n) is 18.5. The summed E-state index contributed by atoms with van der Waals surface area (Å²) >= 11 is 12.1. The Morgan fingerprint density at radius 3 is 1.52 bits per heavy atom. The van der Waals surface area contributed by atoms with Gasteiger partial charge in [0.05, 0.1) is 36.6 Å². The smallest absolute Gasteiger partial charge is 0.311 e. The van der Waals surface area contributed by atoms with Gasteiger partial charge >= 0.3 is 11.9 Å². The number of halogens is 4. The molecule has 0 unspecified atom stereocenters. The van der Waals surface area contributed by atoms with Crippen molar-refractivity contribution < 1.29 is 50.5 Å². The zero-order chi connectivity index (χ0) is 51.7. The summed E-state index contributed by atoms with van der Waals surface area (Å²) in [7, 11) is -4.07. The number of benzene rings is 5. The van der Waals surface area contributed by atoms with Crippen molar-refractivity contribution in [3.63, 3.8) is 0 Å². The van der Waals surface area contributed by atoms with Gasteiger partial charge in [-0.05, 0) is 161 Å². The quantitative estimate of drug-likeness (QED) is 0.0349. The molecule has 2 N–H and O–H groups in total. The molecule has 0 amide bonds. The first-order valence-electron chi connectivity index (χ1n) is 24.3. The van der Waals surface area contributed by atoms with Gasteiger partial charge in [0, 0.05) is 27.7 Å². The number of ether oxygens (including phenoxy) is 2. The van der Waals surface area contributed by atoms with Gasteiger partial charge in [0.15, 0.2) is 0 Å². The summed E-state index contributed by atoms with van der Waals surface area (Å²) < 4.78 is 69.8. The fourth-order valence-electron chi connectivity index (χ4n) is 8.86. The maximum atomic E-state index is 14.3. The lowest BCUT2D eigenvalue weighted by Crippen LogP contribution is -2.43. The molecule has 0 aliphatic carbocycles. The minimum Gasteiger partial charge on any atom is -0.466 e. The van der Waals surface area contributed by atoms with E-state index in [4.69, 9.17) is 36.9 Å². The van der Waals surface area contributed by atoms with E-state index >= 15 is 0 Å². The summed E-state index contributed by atoms with van der Waals surface area (Å²) in [4.78, 5) is 27.7. The monoisotopic (exact) mass is 1030 g/mol. The summed E-state index contributed by atoms with van der Waals surface area (Å²) in [6.07, 6.45) is 4.32. The summed E-state index contributed by atoms with van der Waals surface area (Å²) in [5, 5.41) is 21.1. The lowest BCUT2D eigenvalue weighted by atomic mass is 9.62. The molecular weight excluding hydrogens is 969 g/mol. The predicted octanol–water partition coefficient (Wildman–Crippen LogP) is 11.4. The Morgan fingerprint density at radius 2 is 1.11 bits per heavy atom. The molecule has 1 saturated heterocycles. The third-order valence-electron chi connectivity index (χ3n) is 12.4. The summed E-state index contributed by atoms with van der Waals surface area (Å²) in [5.41, 5.74) is 5.22. The first-order chi connectivity index (χ1) is 33.8. The highest BCUT2D eigenvalue weighted by Gasteiger charge is 2.31. The topological polar surface area (TPSA) is 140 Å². The zero-order valence-corrected chi connectivity index (χ0v) is 43.5. The van der Waals surface area contributed by atoms with Crippen LogP contribution in [0.3, 0.4) is 0 Å². The highest BCUT2D eigenvalue weighted by Crippen LogP contribution is 2.32. The Hall–Kier alpha value is -4.60. The van der Waals surface area contributed by atoms with Gasteiger partial charge in [0.2, 0.25) is 0 Å². The third kappa shape index (κ3) is 18.4. The minimum atomic E-state index is -4.07. The van der Waals surface area contributed by atoms with Crippen LogP contribution in [-0.2, 0) is 46.2 Å². The first-order valence-corrected chi connectivity index (χ1v) is 26.5. The van der Waals surface area contributed by atoms with Crippen molar-refractivity contribution >= 4 is 59.1 Å². The molecule has 1 fully saturated rings. The van der Waals surface area contributed by atoms with E-state index in [1.807, 2.05) is 50.2 Å². The van der Waals surface area contributed by atoms with Gasteiger partial charge in [-0.1, -0.05) is 103 Å². The second kappa shape index (κ2) is 28.0. The van der Waals surface area contributed by atoms with Crippen LogP contribution in [0.5, 0.6) is 0 Å². The van der Waals surface area contributed by atoms with E-state index in [1.54, 1.807) is 57.0 Å². The van der Waals surface area contributed by atoms with E-state index in [0.717, 1.165) is 41.8 Å². The Kier molecular flexibility index (Phi) is 22.6. The molecule has 0 radical (unpaired) electrons. The fourth-order valence-corrected chi connectivity index (χ4v) is 10.2. The molecule has 0 aromatic heterocycles. The summed E-state index contributed by atoms with van der Waals surface area (Å²) in [6, 6.07) is 30.2. The Balaban J connectivity index is 0.000000269. The lowest BCUT2D eigenvalue weighted by molar-refractivity contribution is -0.150. The molecule has 5 aromatic carbocycles. The van der Waals surface area contributed by atoms with Gasteiger partial charge in [0.25, 0.3) is 23.9 Å². The largest absolute Gasteiger partial charge is 0.466 e. The number of carbonyl (C=O) groups is 2. The van der Waals surface area contributed by atoms with Gasteiger partial charge in [0.1, 0.15) is 11.6 Å². The van der Waals surface area contributed by atoms with Crippen LogP contribution in [0.25, 0.3) is 22.3 Å². The van der Waals surface area contributed by atoms with E-state index in [0.29, 0.717) is 65.4 Å². The average molecular weight is 1030 g/mol. The molecular formula is C54H65B2Cl2F2NO9S. The molecule has 1 heterocycles. The van der Waals surface area contributed by atoms with E-state index in [9.17, 15) is 36.8 Å². The third-order valence-corrected chi connectivity index (χ3v) is 14.2. The molecule has 4 atom stereocenters. The normalized spacial score (nSPS) is 14.2. The predicted molar refractivity (Wildman–Crippen MR) is 280 cm³/mol. The number of hydrogen-bond donors (Lipinski definition) is 2. The summed E-state index contributed by atoms with van der Waals surface area (Å²) in [5.74, 6) is -2.49.